The van der Waals surface area contributed by atoms with E-state index in [-0.39, 0.29) is 11.9 Å². The Balaban J connectivity index is 1.34. The predicted octanol–water partition coefficient (Wildman–Crippen LogP) is 2.90. The van der Waals surface area contributed by atoms with Gasteiger partial charge in [-0.25, -0.2) is 4.98 Å². The van der Waals surface area contributed by atoms with Crippen LogP contribution in [0, 0.1) is 0 Å². The van der Waals surface area contributed by atoms with E-state index in [1.54, 1.807) is 29.2 Å². The Labute approximate surface area is 194 Å². The molecule has 33 heavy (non-hydrogen) atoms. The zero-order chi connectivity index (χ0) is 22.9. The van der Waals surface area contributed by atoms with E-state index in [9.17, 15) is 9.90 Å². The van der Waals surface area contributed by atoms with Crippen molar-refractivity contribution in [2.45, 2.75) is 6.10 Å². The van der Waals surface area contributed by atoms with Gasteiger partial charge in [-0.15, -0.1) is 0 Å². The standard InChI is InChI=1S/C23H21ClN6O3/c24-16-8-6-14(7-9-16)18(31)22(32)30-12-10-29(11-13-30)19-17-21(28-23(25)27-19)33-20(26-17)15-4-2-1-3-5-15/h1-9,18,31H,10-13H2,(H2,25,27,28). The van der Waals surface area contributed by atoms with Crippen LogP contribution in [0.15, 0.2) is 59.0 Å². The van der Waals surface area contributed by atoms with Gasteiger partial charge in [-0.3, -0.25) is 4.79 Å². The number of carbonyl (C=O) groups excluding carboxylic acids is 1. The number of amides is 1. The van der Waals surface area contributed by atoms with Gasteiger partial charge in [0, 0.05) is 36.8 Å². The number of fused-ring (bicyclic) bond motifs is 1. The molecular weight excluding hydrogens is 444 g/mol. The lowest BCUT2D eigenvalue weighted by molar-refractivity contribution is -0.140. The number of halogens is 1. The summed E-state index contributed by atoms with van der Waals surface area (Å²) in [5.74, 6) is 0.738. The van der Waals surface area contributed by atoms with Crippen LogP contribution in [-0.4, -0.2) is 57.0 Å². The summed E-state index contributed by atoms with van der Waals surface area (Å²) < 4.78 is 5.84. The minimum atomic E-state index is -1.24. The van der Waals surface area contributed by atoms with E-state index in [1.807, 2.05) is 35.2 Å². The third-order valence-electron chi connectivity index (χ3n) is 5.59. The third-order valence-corrected chi connectivity index (χ3v) is 5.84. The maximum Gasteiger partial charge on any atom is 0.256 e. The molecule has 1 amide bonds. The van der Waals surface area contributed by atoms with Crippen LogP contribution >= 0.6 is 11.6 Å². The van der Waals surface area contributed by atoms with Crippen molar-refractivity contribution in [2.24, 2.45) is 0 Å². The fourth-order valence-corrected chi connectivity index (χ4v) is 3.97. The molecule has 5 rings (SSSR count). The number of nitrogen functional groups attached to an aromatic ring is 1. The predicted molar refractivity (Wildman–Crippen MR) is 125 cm³/mol. The van der Waals surface area contributed by atoms with Crippen molar-refractivity contribution >= 4 is 40.5 Å². The van der Waals surface area contributed by atoms with Gasteiger partial charge in [0.2, 0.25) is 11.8 Å². The first kappa shape index (κ1) is 21.2. The van der Waals surface area contributed by atoms with E-state index >= 15 is 0 Å². The van der Waals surface area contributed by atoms with E-state index in [0.717, 1.165) is 5.56 Å². The highest BCUT2D eigenvalue weighted by Crippen LogP contribution is 2.30. The summed E-state index contributed by atoms with van der Waals surface area (Å²) in [4.78, 5) is 29.6. The Morgan fingerprint density at radius 3 is 2.39 bits per heavy atom. The summed E-state index contributed by atoms with van der Waals surface area (Å²) in [6, 6.07) is 16.1. The summed E-state index contributed by atoms with van der Waals surface area (Å²) in [6.45, 7) is 1.83. The third kappa shape index (κ3) is 4.20. The van der Waals surface area contributed by atoms with Crippen molar-refractivity contribution in [3.63, 3.8) is 0 Å². The van der Waals surface area contributed by atoms with Gasteiger partial charge in [-0.1, -0.05) is 41.9 Å². The van der Waals surface area contributed by atoms with Crippen LogP contribution in [0.3, 0.4) is 0 Å². The lowest BCUT2D eigenvalue weighted by Gasteiger charge is -2.36. The lowest BCUT2D eigenvalue weighted by atomic mass is 10.1. The van der Waals surface area contributed by atoms with E-state index < -0.39 is 6.10 Å². The molecule has 0 saturated carbocycles. The number of carbonyl (C=O) groups is 1. The molecule has 168 valence electrons. The minimum absolute atomic E-state index is 0.0879. The molecule has 3 heterocycles. The number of nitrogens with zero attached hydrogens (tertiary/aromatic N) is 5. The summed E-state index contributed by atoms with van der Waals surface area (Å²) in [6.07, 6.45) is -1.24. The van der Waals surface area contributed by atoms with E-state index in [1.165, 1.54) is 0 Å². The number of anilines is 2. The number of hydrogen-bond donors (Lipinski definition) is 2. The smallest absolute Gasteiger partial charge is 0.256 e. The highest BCUT2D eigenvalue weighted by molar-refractivity contribution is 6.30. The molecule has 1 aliphatic rings. The number of aromatic nitrogens is 3. The van der Waals surface area contributed by atoms with Crippen molar-refractivity contribution in [1.82, 2.24) is 19.9 Å². The molecule has 1 fully saturated rings. The Hall–Kier alpha value is -3.69. The van der Waals surface area contributed by atoms with Gasteiger partial charge in [0.15, 0.2) is 17.4 Å². The molecule has 0 aliphatic carbocycles. The fourth-order valence-electron chi connectivity index (χ4n) is 3.85. The summed E-state index contributed by atoms with van der Waals surface area (Å²) in [7, 11) is 0. The molecule has 2 aromatic carbocycles. The maximum absolute atomic E-state index is 12.8. The molecule has 0 spiro atoms. The average molecular weight is 465 g/mol. The second kappa shape index (κ2) is 8.68. The Morgan fingerprint density at radius 2 is 1.70 bits per heavy atom. The van der Waals surface area contributed by atoms with Crippen molar-refractivity contribution in [3.8, 4) is 11.5 Å². The van der Waals surface area contributed by atoms with Gasteiger partial charge in [0.05, 0.1) is 0 Å². The topological polar surface area (TPSA) is 122 Å². The average Bonchev–Trinajstić information content (AvgIpc) is 3.28. The second-order valence-corrected chi connectivity index (χ2v) is 8.15. The molecular formula is C23H21ClN6O3. The quantitative estimate of drug-likeness (QED) is 0.472. The van der Waals surface area contributed by atoms with Crippen LogP contribution in [0.5, 0.6) is 0 Å². The van der Waals surface area contributed by atoms with Crippen LogP contribution in [0.2, 0.25) is 5.02 Å². The van der Waals surface area contributed by atoms with Crippen LogP contribution in [-0.2, 0) is 4.79 Å². The van der Waals surface area contributed by atoms with Gasteiger partial charge in [0.1, 0.15) is 0 Å². The van der Waals surface area contributed by atoms with Gasteiger partial charge < -0.3 is 25.1 Å². The first-order chi connectivity index (χ1) is 16.0. The molecule has 1 unspecified atom stereocenters. The van der Waals surface area contributed by atoms with E-state index in [2.05, 4.69) is 15.0 Å². The molecule has 1 aliphatic heterocycles. The first-order valence-corrected chi connectivity index (χ1v) is 10.8. The van der Waals surface area contributed by atoms with Gasteiger partial charge in [-0.2, -0.15) is 9.97 Å². The van der Waals surface area contributed by atoms with E-state index in [4.69, 9.17) is 21.8 Å². The number of rotatable bonds is 4. The normalized spacial score (nSPS) is 15.1. The zero-order valence-electron chi connectivity index (χ0n) is 17.6. The molecule has 0 radical (unpaired) electrons. The monoisotopic (exact) mass is 464 g/mol. The number of aliphatic hydroxyl groups is 1. The zero-order valence-corrected chi connectivity index (χ0v) is 18.3. The summed E-state index contributed by atoms with van der Waals surface area (Å²) in [5.41, 5.74) is 8.09. The Kier molecular flexibility index (Phi) is 5.57. The van der Waals surface area contributed by atoms with Crippen molar-refractivity contribution in [3.05, 3.63) is 65.2 Å². The van der Waals surface area contributed by atoms with Crippen LogP contribution in [0.1, 0.15) is 11.7 Å². The Morgan fingerprint density at radius 1 is 1.00 bits per heavy atom. The number of aliphatic hydroxyl groups excluding tert-OH is 1. The number of piperazine rings is 1. The van der Waals surface area contributed by atoms with Crippen LogP contribution < -0.4 is 10.6 Å². The highest BCUT2D eigenvalue weighted by atomic mass is 35.5. The largest absolute Gasteiger partial charge is 0.417 e. The number of benzene rings is 2. The molecule has 1 saturated heterocycles. The van der Waals surface area contributed by atoms with Crippen LogP contribution in [0.4, 0.5) is 11.8 Å². The summed E-state index contributed by atoms with van der Waals surface area (Å²) in [5, 5.41) is 11.0. The minimum Gasteiger partial charge on any atom is -0.417 e. The molecule has 2 aromatic heterocycles. The van der Waals surface area contributed by atoms with Gasteiger partial charge >= 0.3 is 0 Å². The van der Waals surface area contributed by atoms with Crippen molar-refractivity contribution in [2.75, 3.05) is 36.8 Å². The van der Waals surface area contributed by atoms with Crippen molar-refractivity contribution < 1.29 is 14.3 Å². The SMILES string of the molecule is Nc1nc(N2CCN(C(=O)C(O)c3ccc(Cl)cc3)CC2)c2nc(-c3ccccc3)oc2n1. The molecule has 10 heteroatoms. The van der Waals surface area contributed by atoms with Crippen molar-refractivity contribution in [1.29, 1.82) is 0 Å². The molecule has 9 nitrogen and oxygen atoms in total. The molecule has 0 bridgehead atoms. The van der Waals surface area contributed by atoms with Gasteiger partial charge in [0.25, 0.3) is 11.6 Å². The lowest BCUT2D eigenvalue weighted by Crippen LogP contribution is -2.50. The maximum atomic E-state index is 12.8. The number of oxazole rings is 1. The van der Waals surface area contributed by atoms with E-state index in [0.29, 0.717) is 59.7 Å². The highest BCUT2D eigenvalue weighted by Gasteiger charge is 2.29. The number of hydrogen-bond acceptors (Lipinski definition) is 8. The van der Waals surface area contributed by atoms with Gasteiger partial charge in [-0.05, 0) is 29.8 Å². The fraction of sp³-hybridized carbons (Fsp3) is 0.217. The summed E-state index contributed by atoms with van der Waals surface area (Å²) >= 11 is 5.89. The molecule has 4 aromatic rings. The second-order valence-electron chi connectivity index (χ2n) is 7.71. The van der Waals surface area contributed by atoms with Crippen LogP contribution in [0.25, 0.3) is 22.7 Å². The number of nitrogens with two attached hydrogens (primary N) is 1. The Bertz CT molecular complexity index is 1290. The molecule has 1 atom stereocenters. The first-order valence-electron chi connectivity index (χ1n) is 10.5. The molecule has 3 N–H and O–H groups in total.